The summed E-state index contributed by atoms with van der Waals surface area (Å²) in [5.41, 5.74) is 1.99. The monoisotopic (exact) mass is 215 g/mol. The minimum Gasteiger partial charge on any atom is -0.369 e. The zero-order valence-electron chi connectivity index (χ0n) is 9.61. The number of rotatable bonds is 2. The van der Waals surface area contributed by atoms with Crippen LogP contribution in [0.3, 0.4) is 0 Å². The second kappa shape index (κ2) is 5.00. The predicted molar refractivity (Wildman–Crippen MR) is 66.5 cm³/mol. The van der Waals surface area contributed by atoms with E-state index in [0.717, 1.165) is 24.3 Å². The van der Waals surface area contributed by atoms with Gasteiger partial charge in [0.15, 0.2) is 0 Å². The smallest absolute Gasteiger partial charge is 0.0565 e. The van der Waals surface area contributed by atoms with E-state index in [1.54, 1.807) is 6.20 Å². The lowest BCUT2D eigenvalue weighted by Gasteiger charge is -2.34. The molecule has 1 aromatic heterocycles. The molecule has 0 radical (unpaired) electrons. The maximum Gasteiger partial charge on any atom is 0.0565 e. The third kappa shape index (κ3) is 2.34. The second-order valence-corrected chi connectivity index (χ2v) is 4.15. The molecule has 3 heteroatoms. The van der Waals surface area contributed by atoms with Crippen molar-refractivity contribution in [1.82, 2.24) is 10.3 Å². The van der Waals surface area contributed by atoms with Crippen molar-refractivity contribution < 1.29 is 0 Å². The van der Waals surface area contributed by atoms with Gasteiger partial charge in [-0.3, -0.25) is 4.98 Å². The molecule has 0 saturated carbocycles. The van der Waals surface area contributed by atoms with Gasteiger partial charge in [0.25, 0.3) is 0 Å². The molecular weight excluding hydrogens is 198 g/mol. The minimum absolute atomic E-state index is 0.572. The molecule has 1 aromatic rings. The first-order chi connectivity index (χ1) is 7.83. The number of terminal acetylenes is 1. The van der Waals surface area contributed by atoms with E-state index < -0.39 is 0 Å². The summed E-state index contributed by atoms with van der Waals surface area (Å²) >= 11 is 0. The Labute approximate surface area is 96.9 Å². The average molecular weight is 215 g/mol. The van der Waals surface area contributed by atoms with E-state index in [0.29, 0.717) is 6.04 Å². The number of nitrogens with one attached hydrogen (secondary N) is 1. The fourth-order valence-electron chi connectivity index (χ4n) is 2.13. The number of hydrogen-bond donors (Lipinski definition) is 1. The van der Waals surface area contributed by atoms with Gasteiger partial charge in [-0.1, -0.05) is 5.92 Å². The third-order valence-corrected chi connectivity index (χ3v) is 3.09. The Morgan fingerprint density at radius 1 is 1.56 bits per heavy atom. The van der Waals surface area contributed by atoms with Gasteiger partial charge in [-0.15, -0.1) is 6.42 Å². The fourth-order valence-corrected chi connectivity index (χ4v) is 2.13. The first-order valence-corrected chi connectivity index (χ1v) is 5.67. The summed E-state index contributed by atoms with van der Waals surface area (Å²) in [6, 6.07) is 2.61. The molecule has 0 spiro atoms. The molecule has 0 aromatic carbocycles. The number of hydrogen-bond acceptors (Lipinski definition) is 3. The van der Waals surface area contributed by atoms with Crippen LogP contribution in [0.4, 0.5) is 5.69 Å². The lowest BCUT2D eigenvalue weighted by Crippen LogP contribution is -2.44. The van der Waals surface area contributed by atoms with E-state index in [4.69, 9.17) is 6.42 Å². The van der Waals surface area contributed by atoms with E-state index >= 15 is 0 Å². The molecule has 1 N–H and O–H groups in total. The van der Waals surface area contributed by atoms with Gasteiger partial charge in [-0.25, -0.2) is 0 Å². The number of pyridine rings is 1. The third-order valence-electron chi connectivity index (χ3n) is 3.09. The number of piperidine rings is 1. The Morgan fingerprint density at radius 2 is 2.44 bits per heavy atom. The van der Waals surface area contributed by atoms with Gasteiger partial charge < -0.3 is 10.2 Å². The second-order valence-electron chi connectivity index (χ2n) is 4.15. The van der Waals surface area contributed by atoms with Gasteiger partial charge in [0.1, 0.15) is 0 Å². The van der Waals surface area contributed by atoms with Crippen LogP contribution in [-0.2, 0) is 0 Å². The van der Waals surface area contributed by atoms with Gasteiger partial charge in [0.05, 0.1) is 11.9 Å². The zero-order valence-corrected chi connectivity index (χ0v) is 9.61. The maximum absolute atomic E-state index is 5.38. The standard InChI is InChI=1S/C13H17N3/c1-3-11-7-13(9-15-8-11)16-6-4-5-12(10-16)14-2/h1,7-9,12,14H,4-6,10H2,2H3. The summed E-state index contributed by atoms with van der Waals surface area (Å²) in [6.45, 7) is 2.13. The zero-order chi connectivity index (χ0) is 11.4. The van der Waals surface area contributed by atoms with Crippen molar-refractivity contribution in [2.75, 3.05) is 25.0 Å². The highest BCUT2D eigenvalue weighted by Gasteiger charge is 2.18. The van der Waals surface area contributed by atoms with Crippen LogP contribution in [0.1, 0.15) is 18.4 Å². The van der Waals surface area contributed by atoms with Gasteiger partial charge in [-0.05, 0) is 26.0 Å². The van der Waals surface area contributed by atoms with Gasteiger partial charge in [0, 0.05) is 30.9 Å². The van der Waals surface area contributed by atoms with Crippen LogP contribution in [0.25, 0.3) is 0 Å². The molecule has 1 aliphatic heterocycles. The van der Waals surface area contributed by atoms with Crippen LogP contribution in [0.5, 0.6) is 0 Å². The highest BCUT2D eigenvalue weighted by atomic mass is 15.2. The van der Waals surface area contributed by atoms with E-state index in [1.807, 2.05) is 19.3 Å². The first-order valence-electron chi connectivity index (χ1n) is 5.67. The molecule has 16 heavy (non-hydrogen) atoms. The van der Waals surface area contributed by atoms with Crippen LogP contribution in [0.2, 0.25) is 0 Å². The van der Waals surface area contributed by atoms with Crippen molar-refractivity contribution in [3.63, 3.8) is 0 Å². The van der Waals surface area contributed by atoms with Crippen LogP contribution in [0, 0.1) is 12.3 Å². The fraction of sp³-hybridized carbons (Fsp3) is 0.462. The molecule has 0 amide bonds. The van der Waals surface area contributed by atoms with E-state index in [9.17, 15) is 0 Å². The number of anilines is 1. The predicted octanol–water partition coefficient (Wildman–Crippen LogP) is 1.25. The summed E-state index contributed by atoms with van der Waals surface area (Å²) < 4.78 is 0. The van der Waals surface area contributed by atoms with E-state index in [-0.39, 0.29) is 0 Å². The number of likely N-dealkylation sites (N-methyl/N-ethyl adjacent to an activating group) is 1. The molecule has 0 aliphatic carbocycles. The summed E-state index contributed by atoms with van der Waals surface area (Å²) in [4.78, 5) is 6.52. The first kappa shape index (κ1) is 11.0. The summed E-state index contributed by atoms with van der Waals surface area (Å²) in [6.07, 6.45) is 11.5. The minimum atomic E-state index is 0.572. The molecule has 2 rings (SSSR count). The van der Waals surface area contributed by atoms with E-state index in [1.165, 1.54) is 12.8 Å². The highest BCUT2D eigenvalue weighted by Crippen LogP contribution is 2.19. The van der Waals surface area contributed by atoms with Crippen molar-refractivity contribution in [3.8, 4) is 12.3 Å². The Morgan fingerprint density at radius 3 is 3.19 bits per heavy atom. The Bertz CT molecular complexity index is 394. The van der Waals surface area contributed by atoms with Crippen LogP contribution >= 0.6 is 0 Å². The van der Waals surface area contributed by atoms with Crippen LogP contribution in [-0.4, -0.2) is 31.2 Å². The van der Waals surface area contributed by atoms with Crippen molar-refractivity contribution >= 4 is 5.69 Å². The Balaban J connectivity index is 2.14. The molecule has 1 aliphatic rings. The van der Waals surface area contributed by atoms with Gasteiger partial charge in [0.2, 0.25) is 0 Å². The molecule has 3 nitrogen and oxygen atoms in total. The molecular formula is C13H17N3. The molecule has 1 atom stereocenters. The Kier molecular flexibility index (Phi) is 3.43. The lowest BCUT2D eigenvalue weighted by atomic mass is 10.1. The maximum atomic E-state index is 5.38. The summed E-state index contributed by atoms with van der Waals surface area (Å²) in [7, 11) is 2.02. The van der Waals surface area contributed by atoms with E-state index in [2.05, 4.69) is 21.1 Å². The van der Waals surface area contributed by atoms with Gasteiger partial charge >= 0.3 is 0 Å². The number of aromatic nitrogens is 1. The normalized spacial score (nSPS) is 20.5. The van der Waals surface area contributed by atoms with Crippen molar-refractivity contribution in [3.05, 3.63) is 24.0 Å². The molecule has 0 bridgehead atoms. The lowest BCUT2D eigenvalue weighted by molar-refractivity contribution is 0.449. The van der Waals surface area contributed by atoms with Crippen molar-refractivity contribution in [2.45, 2.75) is 18.9 Å². The number of nitrogens with zero attached hydrogens (tertiary/aromatic N) is 2. The van der Waals surface area contributed by atoms with Crippen LogP contribution in [0.15, 0.2) is 18.5 Å². The molecule has 1 unspecified atom stereocenters. The average Bonchev–Trinajstić information content (AvgIpc) is 2.39. The molecule has 84 valence electrons. The SMILES string of the molecule is C#Cc1cncc(N2CCCC(NC)C2)c1. The topological polar surface area (TPSA) is 28.2 Å². The van der Waals surface area contributed by atoms with Crippen LogP contribution < -0.4 is 10.2 Å². The van der Waals surface area contributed by atoms with Crippen molar-refractivity contribution in [2.24, 2.45) is 0 Å². The van der Waals surface area contributed by atoms with Crippen molar-refractivity contribution in [1.29, 1.82) is 0 Å². The Hall–Kier alpha value is -1.53. The highest BCUT2D eigenvalue weighted by molar-refractivity contribution is 5.50. The quantitative estimate of drug-likeness (QED) is 0.753. The summed E-state index contributed by atoms with van der Waals surface area (Å²) in [5, 5.41) is 3.33. The molecule has 1 saturated heterocycles. The summed E-state index contributed by atoms with van der Waals surface area (Å²) in [5.74, 6) is 2.63. The largest absolute Gasteiger partial charge is 0.369 e. The molecule has 1 fully saturated rings. The van der Waals surface area contributed by atoms with Gasteiger partial charge in [-0.2, -0.15) is 0 Å². The molecule has 2 heterocycles.